The molecule has 0 saturated heterocycles. The molecule has 0 radical (unpaired) electrons. The third kappa shape index (κ3) is 0.702. The molecule has 2 atom stereocenters. The van der Waals surface area contributed by atoms with Crippen molar-refractivity contribution in [2.75, 3.05) is 0 Å². The summed E-state index contributed by atoms with van der Waals surface area (Å²) in [5.74, 6) is -1.23. The fraction of sp³-hybridized carbons (Fsp3) is 0.800. The summed E-state index contributed by atoms with van der Waals surface area (Å²) in [6.07, 6.45) is -0.818. The van der Waals surface area contributed by atoms with Crippen molar-refractivity contribution >= 4 is 5.97 Å². The topological polar surface area (TPSA) is 63.3 Å². The van der Waals surface area contributed by atoms with Gasteiger partial charge < -0.3 is 10.8 Å². The van der Waals surface area contributed by atoms with Crippen LogP contribution < -0.4 is 5.73 Å². The van der Waals surface area contributed by atoms with Gasteiger partial charge in [-0.3, -0.25) is 4.79 Å². The second-order valence-corrected chi connectivity index (χ2v) is 2.35. The van der Waals surface area contributed by atoms with E-state index in [4.69, 9.17) is 10.8 Å². The first kappa shape index (κ1) is 6.48. The fourth-order valence-corrected chi connectivity index (χ4v) is 0.805. The van der Waals surface area contributed by atoms with Gasteiger partial charge in [-0.1, -0.05) is 0 Å². The van der Waals surface area contributed by atoms with Crippen molar-refractivity contribution in [3.05, 3.63) is 0 Å². The maximum atomic E-state index is 12.3. The molecule has 0 aromatic carbocycles. The Morgan fingerprint density at radius 1 is 1.89 bits per heavy atom. The van der Waals surface area contributed by atoms with Gasteiger partial charge in [-0.15, -0.1) is 0 Å². The van der Waals surface area contributed by atoms with E-state index in [0.29, 0.717) is 0 Å². The fourth-order valence-electron chi connectivity index (χ4n) is 0.805. The highest BCUT2D eigenvalue weighted by molar-refractivity contribution is 5.80. The van der Waals surface area contributed by atoms with Gasteiger partial charge in [-0.2, -0.15) is 0 Å². The normalized spacial score (nSPS) is 41.8. The minimum absolute atomic E-state index is 0.253. The predicted octanol–water partition coefficient (Wildman–Crippen LogP) is -0.0996. The summed E-state index contributed by atoms with van der Waals surface area (Å²) in [5, 5.41) is 8.30. The van der Waals surface area contributed by atoms with E-state index in [1.54, 1.807) is 0 Å². The molecule has 1 saturated carbocycles. The van der Waals surface area contributed by atoms with Crippen LogP contribution in [-0.4, -0.2) is 22.8 Å². The van der Waals surface area contributed by atoms with Crippen molar-refractivity contribution in [3.8, 4) is 0 Å². The van der Waals surface area contributed by atoms with Crippen molar-refractivity contribution in [1.29, 1.82) is 0 Å². The van der Waals surface area contributed by atoms with Crippen LogP contribution in [0.15, 0.2) is 0 Å². The van der Waals surface area contributed by atoms with E-state index in [9.17, 15) is 9.18 Å². The molecule has 0 amide bonds. The smallest absolute Gasteiger partial charge is 0.326 e. The number of rotatable bonds is 1. The number of aliphatic carboxylic acids is 1. The predicted molar refractivity (Wildman–Crippen MR) is 28.7 cm³/mol. The standard InChI is InChI=1S/C5H8FNO2/c6-3-1-2-5(3,7)4(8)9/h3H,1-2,7H2,(H,8,9)/t3-,5+/m1/s1/i6-1. The van der Waals surface area contributed by atoms with Crippen molar-refractivity contribution in [3.63, 3.8) is 0 Å². The highest BCUT2D eigenvalue weighted by atomic mass is 18.2. The van der Waals surface area contributed by atoms with Gasteiger partial charge in [0.05, 0.1) is 0 Å². The number of alkyl halides is 1. The molecule has 4 heteroatoms. The summed E-state index contributed by atoms with van der Waals surface area (Å²) >= 11 is 0. The molecule has 0 spiro atoms. The lowest BCUT2D eigenvalue weighted by Gasteiger charge is -2.37. The summed E-state index contributed by atoms with van der Waals surface area (Å²) < 4.78 is 12.3. The molecule has 0 heterocycles. The molecule has 9 heavy (non-hydrogen) atoms. The second kappa shape index (κ2) is 1.67. The van der Waals surface area contributed by atoms with Crippen LogP contribution in [0.3, 0.4) is 0 Å². The zero-order valence-electron chi connectivity index (χ0n) is 4.80. The van der Waals surface area contributed by atoms with Gasteiger partial charge in [0.15, 0.2) is 0 Å². The summed E-state index contributed by atoms with van der Waals surface area (Å²) in [6.45, 7) is 0. The molecule has 52 valence electrons. The molecule has 1 aliphatic carbocycles. The Morgan fingerprint density at radius 3 is 2.44 bits per heavy atom. The number of carboxylic acid groups (broad SMARTS) is 1. The molecule has 0 bridgehead atoms. The largest absolute Gasteiger partial charge is 0.480 e. The van der Waals surface area contributed by atoms with Crippen LogP contribution in [-0.2, 0) is 4.79 Å². The van der Waals surface area contributed by atoms with Crippen molar-refractivity contribution in [2.24, 2.45) is 5.73 Å². The Kier molecular flexibility index (Phi) is 1.20. The Hall–Kier alpha value is -0.640. The molecule has 3 N–H and O–H groups in total. The van der Waals surface area contributed by atoms with Crippen molar-refractivity contribution in [2.45, 2.75) is 24.6 Å². The third-order valence-electron chi connectivity index (χ3n) is 1.77. The van der Waals surface area contributed by atoms with Crippen molar-refractivity contribution < 1.29 is 14.3 Å². The maximum absolute atomic E-state index is 12.3. The van der Waals surface area contributed by atoms with Gasteiger partial charge >= 0.3 is 5.97 Å². The Labute approximate surface area is 51.7 Å². The van der Waals surface area contributed by atoms with Crippen LogP contribution in [0.4, 0.5) is 4.39 Å². The average molecular weight is 132 g/mol. The van der Waals surface area contributed by atoms with Gasteiger partial charge in [0.1, 0.15) is 11.7 Å². The third-order valence-corrected chi connectivity index (χ3v) is 1.77. The molecule has 0 aromatic rings. The van der Waals surface area contributed by atoms with Gasteiger partial charge in [0, 0.05) is 0 Å². The summed E-state index contributed by atoms with van der Waals surface area (Å²) in [6, 6.07) is 0. The number of carboxylic acids is 1. The minimum atomic E-state index is -1.57. The molecule has 1 fully saturated rings. The Bertz CT molecular complexity index is 150. The lowest BCUT2D eigenvalue weighted by Crippen LogP contribution is -2.62. The first-order chi connectivity index (χ1) is 4.07. The molecule has 0 aliphatic heterocycles. The van der Waals surface area contributed by atoms with Crippen LogP contribution >= 0.6 is 0 Å². The van der Waals surface area contributed by atoms with Crippen LogP contribution in [0.5, 0.6) is 0 Å². The van der Waals surface area contributed by atoms with E-state index in [-0.39, 0.29) is 12.8 Å². The van der Waals surface area contributed by atoms with E-state index in [0.717, 1.165) is 0 Å². The first-order valence-electron chi connectivity index (χ1n) is 2.74. The zero-order valence-corrected chi connectivity index (χ0v) is 4.80. The number of nitrogens with two attached hydrogens (primary N) is 1. The lowest BCUT2D eigenvalue weighted by atomic mass is 9.75. The molecule has 0 unspecified atom stereocenters. The number of carbonyl (C=O) groups is 1. The highest BCUT2D eigenvalue weighted by Gasteiger charge is 2.50. The number of hydrogen-bond acceptors (Lipinski definition) is 2. The maximum Gasteiger partial charge on any atom is 0.326 e. The Balaban J connectivity index is 2.64. The molecule has 1 aliphatic rings. The van der Waals surface area contributed by atoms with E-state index in [1.165, 1.54) is 0 Å². The van der Waals surface area contributed by atoms with Gasteiger partial charge in [-0.25, -0.2) is 4.39 Å². The van der Waals surface area contributed by atoms with E-state index in [2.05, 4.69) is 0 Å². The lowest BCUT2D eigenvalue weighted by molar-refractivity contribution is -0.151. The monoisotopic (exact) mass is 132 g/mol. The summed E-state index contributed by atoms with van der Waals surface area (Å²) in [7, 11) is 0. The zero-order chi connectivity index (χ0) is 7.07. The molecular weight excluding hydrogens is 124 g/mol. The number of hydrogen-bond donors (Lipinski definition) is 2. The van der Waals surface area contributed by atoms with Gasteiger partial charge in [0.2, 0.25) is 0 Å². The van der Waals surface area contributed by atoms with E-state index >= 15 is 0 Å². The van der Waals surface area contributed by atoms with E-state index in [1.807, 2.05) is 0 Å². The summed E-state index contributed by atoms with van der Waals surface area (Å²) in [5.41, 5.74) is 3.55. The van der Waals surface area contributed by atoms with Crippen LogP contribution in [0.25, 0.3) is 0 Å². The quantitative estimate of drug-likeness (QED) is 0.523. The van der Waals surface area contributed by atoms with Crippen LogP contribution in [0, 0.1) is 0 Å². The molecular formula is C5H8FNO2. The van der Waals surface area contributed by atoms with Crippen LogP contribution in [0.2, 0.25) is 0 Å². The van der Waals surface area contributed by atoms with Crippen LogP contribution in [0.1, 0.15) is 12.8 Å². The first-order valence-corrected chi connectivity index (χ1v) is 2.74. The van der Waals surface area contributed by atoms with Crippen molar-refractivity contribution in [1.82, 2.24) is 0 Å². The summed E-state index contributed by atoms with van der Waals surface area (Å²) in [4.78, 5) is 10.1. The molecule has 1 rings (SSSR count). The van der Waals surface area contributed by atoms with E-state index < -0.39 is 17.7 Å². The van der Waals surface area contributed by atoms with Gasteiger partial charge in [-0.05, 0) is 12.8 Å². The molecule has 3 nitrogen and oxygen atoms in total. The molecule has 0 aromatic heterocycles. The SMILES string of the molecule is N[C@@]1(C(=O)O)CC[C@H]1[18F]. The average Bonchev–Trinajstić information content (AvgIpc) is 1.82. The van der Waals surface area contributed by atoms with Gasteiger partial charge in [0.25, 0.3) is 0 Å². The second-order valence-electron chi connectivity index (χ2n) is 2.35. The minimum Gasteiger partial charge on any atom is -0.480 e. The Morgan fingerprint density at radius 2 is 2.44 bits per heavy atom. The highest BCUT2D eigenvalue weighted by Crippen LogP contribution is 2.32. The number of halogens is 1.